The average molecular weight is 616 g/mol. The van der Waals surface area contributed by atoms with Crippen molar-refractivity contribution in [2.75, 3.05) is 31.1 Å². The summed E-state index contributed by atoms with van der Waals surface area (Å²) in [5, 5.41) is 11.2. The normalized spacial score (nSPS) is 28.7. The predicted molar refractivity (Wildman–Crippen MR) is 157 cm³/mol. The van der Waals surface area contributed by atoms with Crippen LogP contribution in [0.15, 0.2) is 48.5 Å². The molecule has 3 saturated heterocycles. The molecule has 2 aromatic carbocycles. The topological polar surface area (TPSA) is 64.1 Å². The van der Waals surface area contributed by atoms with Crippen molar-refractivity contribution in [3.05, 3.63) is 64.7 Å². The van der Waals surface area contributed by atoms with E-state index in [1.807, 2.05) is 18.2 Å². The summed E-state index contributed by atoms with van der Waals surface area (Å²) < 4.78 is 41.9. The number of carbonyl (C=O) groups is 2. The standard InChI is InChI=1S/C33H37ClF3N3O3/c34-27-17-23(6-7-24(27)30(41)40-28-18-25-26(28)19-29(25)40)38-12-8-20(9-13-38)16-21-10-14-39(15-11-21)31(42)32(43,33(35,36)37)22-4-2-1-3-5-22/h1-7,17,20-21,25-26,28-29,43H,8-16,18-19H2/t25?,26?,28?,29?,32-/m1/s1. The number of halogens is 4. The fourth-order valence-electron chi connectivity index (χ4n) is 8.54. The summed E-state index contributed by atoms with van der Waals surface area (Å²) in [5.41, 5.74) is -2.38. The molecule has 4 bridgehead atoms. The molecule has 5 aliphatic rings. The van der Waals surface area contributed by atoms with Crippen molar-refractivity contribution < 1.29 is 27.9 Å². The second-order valence-electron chi connectivity index (χ2n) is 13.3. The maximum Gasteiger partial charge on any atom is 0.430 e. The van der Waals surface area contributed by atoms with Gasteiger partial charge >= 0.3 is 6.18 Å². The minimum absolute atomic E-state index is 0.0728. The van der Waals surface area contributed by atoms with E-state index >= 15 is 0 Å². The number of likely N-dealkylation sites (tertiary alicyclic amines) is 2. The zero-order valence-electron chi connectivity index (χ0n) is 24.0. The molecule has 5 atom stereocenters. The minimum atomic E-state index is -5.12. The van der Waals surface area contributed by atoms with Gasteiger partial charge in [-0.25, -0.2) is 0 Å². The van der Waals surface area contributed by atoms with E-state index in [1.165, 1.54) is 17.0 Å². The van der Waals surface area contributed by atoms with Crippen molar-refractivity contribution in [3.63, 3.8) is 0 Å². The molecule has 0 radical (unpaired) electrons. The van der Waals surface area contributed by atoms with Crippen LogP contribution in [0.4, 0.5) is 18.9 Å². The number of piperidine rings is 2. The monoisotopic (exact) mass is 615 g/mol. The van der Waals surface area contributed by atoms with Crippen molar-refractivity contribution in [2.45, 2.75) is 68.8 Å². The van der Waals surface area contributed by atoms with Crippen molar-refractivity contribution in [1.29, 1.82) is 0 Å². The fourth-order valence-corrected chi connectivity index (χ4v) is 8.79. The van der Waals surface area contributed by atoms with Gasteiger partial charge in [-0.1, -0.05) is 41.9 Å². The van der Waals surface area contributed by atoms with E-state index < -0.39 is 23.2 Å². The average Bonchev–Trinajstić information content (AvgIpc) is 3.64. The Bertz CT molecular complexity index is 1370. The first-order valence-electron chi connectivity index (χ1n) is 15.6. The first kappa shape index (κ1) is 29.0. The molecule has 2 amide bonds. The van der Waals surface area contributed by atoms with E-state index in [-0.39, 0.29) is 19.0 Å². The smallest absolute Gasteiger partial charge is 0.371 e. The molecule has 3 heterocycles. The Morgan fingerprint density at radius 2 is 1.44 bits per heavy atom. The number of hydrogen-bond donors (Lipinski definition) is 1. The van der Waals surface area contributed by atoms with Gasteiger partial charge in [0.05, 0.1) is 10.6 Å². The summed E-state index contributed by atoms with van der Waals surface area (Å²) in [7, 11) is 0. The van der Waals surface area contributed by atoms with Gasteiger partial charge in [0.15, 0.2) is 0 Å². The summed E-state index contributed by atoms with van der Waals surface area (Å²) in [6.07, 6.45) is 1.41. The van der Waals surface area contributed by atoms with E-state index in [9.17, 15) is 27.9 Å². The van der Waals surface area contributed by atoms with Crippen LogP contribution in [0.25, 0.3) is 0 Å². The highest BCUT2D eigenvalue weighted by molar-refractivity contribution is 6.34. The number of hydrogen-bond acceptors (Lipinski definition) is 4. The maximum atomic E-state index is 14.0. The van der Waals surface area contributed by atoms with E-state index in [0.717, 1.165) is 74.8 Å². The lowest BCUT2D eigenvalue weighted by Gasteiger charge is -2.42. The van der Waals surface area contributed by atoms with Crippen molar-refractivity contribution in [1.82, 2.24) is 9.80 Å². The van der Waals surface area contributed by atoms with Gasteiger partial charge in [0.25, 0.3) is 17.4 Å². The highest BCUT2D eigenvalue weighted by Crippen LogP contribution is 2.63. The Labute approximate surface area is 254 Å². The lowest BCUT2D eigenvalue weighted by atomic mass is 9.60. The number of amides is 2. The number of anilines is 1. The van der Waals surface area contributed by atoms with Gasteiger partial charge in [-0.15, -0.1) is 0 Å². The summed E-state index contributed by atoms with van der Waals surface area (Å²) >= 11 is 6.64. The highest BCUT2D eigenvalue weighted by atomic mass is 35.5. The molecule has 230 valence electrons. The fraction of sp³-hybridized carbons (Fsp3) is 0.576. The molecular formula is C33H37ClF3N3O3. The summed E-state index contributed by atoms with van der Waals surface area (Å²) in [6, 6.07) is 13.3. The van der Waals surface area contributed by atoms with Gasteiger partial charge in [-0.3, -0.25) is 9.59 Å². The third-order valence-corrected chi connectivity index (χ3v) is 11.5. The number of aliphatic hydroxyl groups is 1. The Kier molecular flexibility index (Phi) is 7.20. The molecule has 2 saturated carbocycles. The summed E-state index contributed by atoms with van der Waals surface area (Å²) in [4.78, 5) is 31.8. The molecular weight excluding hydrogens is 579 g/mol. The van der Waals surface area contributed by atoms with Crippen LogP contribution in [0, 0.1) is 23.7 Å². The summed E-state index contributed by atoms with van der Waals surface area (Å²) in [5.74, 6) is 1.06. The molecule has 3 aliphatic heterocycles. The van der Waals surface area contributed by atoms with Crippen LogP contribution in [-0.2, 0) is 10.4 Å². The van der Waals surface area contributed by atoms with Gasteiger partial charge in [0.1, 0.15) is 0 Å². The minimum Gasteiger partial charge on any atom is -0.371 e. The molecule has 2 aromatic rings. The SMILES string of the molecule is O=C(c1ccc(N2CCC(CC3CCN(C(=O)[C@](O)(c4ccccc4)C(F)(F)F)CC3)CC2)cc1Cl)N1C2CC3C2CC31. The molecule has 43 heavy (non-hydrogen) atoms. The number of nitrogens with zero attached hydrogens (tertiary/aromatic N) is 3. The van der Waals surface area contributed by atoms with Gasteiger partial charge in [0.2, 0.25) is 0 Å². The van der Waals surface area contributed by atoms with E-state index in [2.05, 4.69) is 9.80 Å². The van der Waals surface area contributed by atoms with E-state index in [4.69, 9.17) is 11.6 Å². The third-order valence-electron chi connectivity index (χ3n) is 11.2. The van der Waals surface area contributed by atoms with E-state index in [1.54, 1.807) is 6.07 Å². The molecule has 5 fully saturated rings. The number of benzene rings is 2. The van der Waals surface area contributed by atoms with E-state index in [0.29, 0.717) is 47.3 Å². The zero-order chi connectivity index (χ0) is 30.1. The molecule has 7 rings (SSSR count). The van der Waals surface area contributed by atoms with Gasteiger partial charge < -0.3 is 19.8 Å². The molecule has 4 unspecified atom stereocenters. The third kappa shape index (κ3) is 4.73. The molecule has 1 N–H and O–H groups in total. The van der Waals surface area contributed by atoms with Gasteiger partial charge in [-0.05, 0) is 86.8 Å². The second kappa shape index (κ2) is 10.7. The Hall–Kier alpha value is -2.78. The molecule has 10 heteroatoms. The molecule has 0 aromatic heterocycles. The molecule has 0 spiro atoms. The lowest BCUT2D eigenvalue weighted by molar-refractivity contribution is -0.262. The number of carbonyl (C=O) groups excluding carboxylic acids is 2. The second-order valence-corrected chi connectivity index (χ2v) is 13.7. The first-order valence-corrected chi connectivity index (χ1v) is 15.9. The quantitative estimate of drug-likeness (QED) is 0.442. The zero-order valence-corrected chi connectivity index (χ0v) is 24.7. The summed E-state index contributed by atoms with van der Waals surface area (Å²) in [6.45, 7) is 2.16. The first-order chi connectivity index (χ1) is 20.6. The number of rotatable bonds is 6. The Morgan fingerprint density at radius 3 is 1.98 bits per heavy atom. The van der Waals surface area contributed by atoms with Crippen molar-refractivity contribution >= 4 is 29.1 Å². The number of alkyl halides is 3. The van der Waals surface area contributed by atoms with Crippen LogP contribution in [0.5, 0.6) is 0 Å². The lowest BCUT2D eigenvalue weighted by Crippen LogP contribution is -2.57. The van der Waals surface area contributed by atoms with Gasteiger partial charge in [-0.2, -0.15) is 13.2 Å². The van der Waals surface area contributed by atoms with Crippen LogP contribution in [0.3, 0.4) is 0 Å². The van der Waals surface area contributed by atoms with Gasteiger partial charge in [0, 0.05) is 49.5 Å². The van der Waals surface area contributed by atoms with Crippen molar-refractivity contribution in [3.8, 4) is 0 Å². The highest BCUT2D eigenvalue weighted by Gasteiger charge is 2.67. The van der Waals surface area contributed by atoms with Crippen molar-refractivity contribution in [2.24, 2.45) is 23.7 Å². The van der Waals surface area contributed by atoms with Crippen LogP contribution in [0.1, 0.15) is 60.9 Å². The molecule has 6 nitrogen and oxygen atoms in total. The van der Waals surface area contributed by atoms with Crippen LogP contribution >= 0.6 is 11.6 Å². The Balaban J connectivity index is 0.903. The molecule has 2 aliphatic carbocycles. The largest absolute Gasteiger partial charge is 0.430 e. The van der Waals surface area contributed by atoms with Crippen LogP contribution in [-0.4, -0.2) is 71.2 Å². The predicted octanol–water partition coefficient (Wildman–Crippen LogP) is 5.87. The van der Waals surface area contributed by atoms with Crippen LogP contribution < -0.4 is 4.90 Å². The van der Waals surface area contributed by atoms with Crippen LogP contribution in [0.2, 0.25) is 5.02 Å². The Morgan fingerprint density at radius 1 is 0.860 bits per heavy atom. The maximum absolute atomic E-state index is 14.0.